The van der Waals surface area contributed by atoms with Crippen LogP contribution in [0.15, 0.2) is 49.3 Å². The molecule has 4 nitrogen and oxygen atoms in total. The Morgan fingerprint density at radius 2 is 2.18 bits per heavy atom. The summed E-state index contributed by atoms with van der Waals surface area (Å²) in [5.41, 5.74) is 2.52. The van der Waals surface area contributed by atoms with Crippen LogP contribution in [0.1, 0.15) is 5.56 Å². The second-order valence-electron chi connectivity index (χ2n) is 3.47. The number of non-ortho nitro benzene ring substituents is 1. The standard InChI is InChI=1S/C13H10N2O2/c1-2-10-5-6-12(15(16)17)8-13(10)11-4-3-7-14-9-11/h2-9H,1H2. The third-order valence-corrected chi connectivity index (χ3v) is 2.44. The molecule has 1 aromatic heterocycles. The van der Waals surface area contributed by atoms with Gasteiger partial charge < -0.3 is 0 Å². The van der Waals surface area contributed by atoms with E-state index >= 15 is 0 Å². The first kappa shape index (κ1) is 11.0. The van der Waals surface area contributed by atoms with Gasteiger partial charge in [0.1, 0.15) is 0 Å². The number of benzene rings is 1. The second kappa shape index (κ2) is 4.57. The highest BCUT2D eigenvalue weighted by Gasteiger charge is 2.10. The Morgan fingerprint density at radius 3 is 2.76 bits per heavy atom. The minimum atomic E-state index is -0.410. The fraction of sp³-hybridized carbons (Fsp3) is 0. The van der Waals surface area contributed by atoms with Gasteiger partial charge in [0, 0.05) is 30.1 Å². The maximum Gasteiger partial charge on any atom is 0.270 e. The van der Waals surface area contributed by atoms with Crippen molar-refractivity contribution in [1.82, 2.24) is 4.98 Å². The van der Waals surface area contributed by atoms with Crippen LogP contribution < -0.4 is 0 Å². The van der Waals surface area contributed by atoms with E-state index in [1.807, 2.05) is 6.07 Å². The van der Waals surface area contributed by atoms with Gasteiger partial charge in [-0.3, -0.25) is 15.1 Å². The number of rotatable bonds is 3. The fourth-order valence-corrected chi connectivity index (χ4v) is 1.61. The molecule has 84 valence electrons. The summed E-state index contributed by atoms with van der Waals surface area (Å²) in [6.07, 6.45) is 5.01. The van der Waals surface area contributed by atoms with Crippen molar-refractivity contribution in [2.24, 2.45) is 0 Å². The Kier molecular flexibility index (Phi) is 2.96. The zero-order chi connectivity index (χ0) is 12.3. The average molecular weight is 226 g/mol. The lowest BCUT2D eigenvalue weighted by Gasteiger charge is -2.05. The van der Waals surface area contributed by atoms with Crippen LogP contribution in [-0.4, -0.2) is 9.91 Å². The van der Waals surface area contributed by atoms with Crippen LogP contribution >= 0.6 is 0 Å². The Hall–Kier alpha value is -2.49. The van der Waals surface area contributed by atoms with E-state index < -0.39 is 4.92 Å². The summed E-state index contributed by atoms with van der Waals surface area (Å²) in [7, 11) is 0. The average Bonchev–Trinajstić information content (AvgIpc) is 2.39. The van der Waals surface area contributed by atoms with E-state index in [0.717, 1.165) is 16.7 Å². The van der Waals surface area contributed by atoms with Crippen molar-refractivity contribution in [3.63, 3.8) is 0 Å². The number of nitro groups is 1. The van der Waals surface area contributed by atoms with Gasteiger partial charge in [0.2, 0.25) is 0 Å². The van der Waals surface area contributed by atoms with E-state index in [2.05, 4.69) is 11.6 Å². The molecule has 0 bridgehead atoms. The maximum absolute atomic E-state index is 10.7. The number of hydrogen-bond acceptors (Lipinski definition) is 3. The third kappa shape index (κ3) is 2.20. The molecule has 0 atom stereocenters. The lowest BCUT2D eigenvalue weighted by atomic mass is 10.0. The number of aromatic nitrogens is 1. The largest absolute Gasteiger partial charge is 0.270 e. The van der Waals surface area contributed by atoms with Gasteiger partial charge in [-0.05, 0) is 23.3 Å². The first-order valence-electron chi connectivity index (χ1n) is 5.03. The van der Waals surface area contributed by atoms with Gasteiger partial charge >= 0.3 is 0 Å². The van der Waals surface area contributed by atoms with E-state index in [4.69, 9.17) is 0 Å². The van der Waals surface area contributed by atoms with Crippen molar-refractivity contribution in [3.05, 3.63) is 65.0 Å². The highest BCUT2D eigenvalue weighted by Crippen LogP contribution is 2.28. The fourth-order valence-electron chi connectivity index (χ4n) is 1.61. The lowest BCUT2D eigenvalue weighted by Crippen LogP contribution is -1.91. The van der Waals surface area contributed by atoms with E-state index in [1.54, 1.807) is 30.6 Å². The summed E-state index contributed by atoms with van der Waals surface area (Å²) in [6, 6.07) is 8.35. The molecule has 4 heteroatoms. The molecule has 0 fully saturated rings. The predicted molar refractivity (Wildman–Crippen MR) is 66.4 cm³/mol. The third-order valence-electron chi connectivity index (χ3n) is 2.44. The molecule has 0 amide bonds. The predicted octanol–water partition coefficient (Wildman–Crippen LogP) is 3.30. The Balaban J connectivity index is 2.62. The summed E-state index contributed by atoms with van der Waals surface area (Å²) in [4.78, 5) is 14.3. The van der Waals surface area contributed by atoms with E-state index in [0.29, 0.717) is 0 Å². The first-order chi connectivity index (χ1) is 8.22. The molecule has 17 heavy (non-hydrogen) atoms. The highest BCUT2D eigenvalue weighted by molar-refractivity contribution is 5.76. The topological polar surface area (TPSA) is 56.0 Å². The van der Waals surface area contributed by atoms with E-state index in [1.165, 1.54) is 12.1 Å². The molecule has 0 saturated carbocycles. The SMILES string of the molecule is C=Cc1ccc([N+](=O)[O-])cc1-c1cccnc1. The molecule has 0 aliphatic rings. The number of hydrogen-bond donors (Lipinski definition) is 0. The molecular weight excluding hydrogens is 216 g/mol. The molecule has 0 unspecified atom stereocenters. The van der Waals surface area contributed by atoms with E-state index in [-0.39, 0.29) is 5.69 Å². The van der Waals surface area contributed by atoms with Gasteiger partial charge in [-0.2, -0.15) is 0 Å². The van der Waals surface area contributed by atoms with Crippen LogP contribution in [0.2, 0.25) is 0 Å². The van der Waals surface area contributed by atoms with E-state index in [9.17, 15) is 10.1 Å². The van der Waals surface area contributed by atoms with Crippen LogP contribution in [0.25, 0.3) is 17.2 Å². The number of nitrogens with zero attached hydrogens (tertiary/aromatic N) is 2. The van der Waals surface area contributed by atoms with Crippen molar-refractivity contribution in [2.45, 2.75) is 0 Å². The summed E-state index contributed by atoms with van der Waals surface area (Å²) < 4.78 is 0. The monoisotopic (exact) mass is 226 g/mol. The molecule has 2 rings (SSSR count). The Morgan fingerprint density at radius 1 is 1.35 bits per heavy atom. The summed E-state index contributed by atoms with van der Waals surface area (Å²) in [5.74, 6) is 0. The van der Waals surface area contributed by atoms with Crippen molar-refractivity contribution in [2.75, 3.05) is 0 Å². The summed E-state index contributed by atoms with van der Waals surface area (Å²) in [5, 5.41) is 10.7. The van der Waals surface area contributed by atoms with Crippen LogP contribution in [0.5, 0.6) is 0 Å². The van der Waals surface area contributed by atoms with Crippen LogP contribution in [-0.2, 0) is 0 Å². The van der Waals surface area contributed by atoms with Gasteiger partial charge in [0.25, 0.3) is 5.69 Å². The molecule has 0 radical (unpaired) electrons. The quantitative estimate of drug-likeness (QED) is 0.596. The zero-order valence-corrected chi connectivity index (χ0v) is 9.04. The van der Waals surface area contributed by atoms with Gasteiger partial charge in [0.15, 0.2) is 0 Å². The smallest absolute Gasteiger partial charge is 0.264 e. The molecule has 0 aliphatic carbocycles. The van der Waals surface area contributed by atoms with Gasteiger partial charge in [0.05, 0.1) is 4.92 Å². The molecule has 0 N–H and O–H groups in total. The molecule has 1 aromatic carbocycles. The lowest BCUT2D eigenvalue weighted by molar-refractivity contribution is -0.384. The van der Waals surface area contributed by atoms with Crippen molar-refractivity contribution in [3.8, 4) is 11.1 Å². The number of pyridine rings is 1. The van der Waals surface area contributed by atoms with Gasteiger partial charge in [-0.15, -0.1) is 0 Å². The van der Waals surface area contributed by atoms with Crippen LogP contribution in [0.3, 0.4) is 0 Å². The highest BCUT2D eigenvalue weighted by atomic mass is 16.6. The van der Waals surface area contributed by atoms with Crippen LogP contribution in [0, 0.1) is 10.1 Å². The Bertz CT molecular complexity index is 565. The van der Waals surface area contributed by atoms with Crippen molar-refractivity contribution in [1.29, 1.82) is 0 Å². The normalized spacial score (nSPS) is 9.88. The molecule has 2 aromatic rings. The summed E-state index contributed by atoms with van der Waals surface area (Å²) >= 11 is 0. The first-order valence-corrected chi connectivity index (χ1v) is 5.03. The summed E-state index contributed by atoms with van der Waals surface area (Å²) in [6.45, 7) is 3.70. The molecule has 1 heterocycles. The number of nitro benzene ring substituents is 1. The molecule has 0 spiro atoms. The van der Waals surface area contributed by atoms with Gasteiger partial charge in [-0.1, -0.05) is 18.7 Å². The Labute approximate surface area is 98.4 Å². The van der Waals surface area contributed by atoms with Crippen LogP contribution in [0.4, 0.5) is 5.69 Å². The maximum atomic E-state index is 10.7. The zero-order valence-electron chi connectivity index (χ0n) is 9.04. The molecule has 0 aliphatic heterocycles. The minimum Gasteiger partial charge on any atom is -0.264 e. The molecular formula is C13H10N2O2. The minimum absolute atomic E-state index is 0.0643. The second-order valence-corrected chi connectivity index (χ2v) is 3.47. The van der Waals surface area contributed by atoms with Gasteiger partial charge in [-0.25, -0.2) is 0 Å². The molecule has 0 saturated heterocycles. The van der Waals surface area contributed by atoms with Crippen molar-refractivity contribution >= 4 is 11.8 Å². The van der Waals surface area contributed by atoms with Crippen molar-refractivity contribution < 1.29 is 4.92 Å².